The maximum Gasteiger partial charge on any atom is 0.0773 e. The van der Waals surface area contributed by atoms with Crippen LogP contribution in [0, 0.1) is 0 Å². The zero-order valence-corrected chi connectivity index (χ0v) is 13.7. The van der Waals surface area contributed by atoms with Crippen LogP contribution in [-0.4, -0.2) is 6.04 Å². The molecule has 0 aromatic heterocycles. The molecule has 0 saturated carbocycles. The van der Waals surface area contributed by atoms with Gasteiger partial charge in [0.05, 0.1) is 6.04 Å². The van der Waals surface area contributed by atoms with E-state index in [9.17, 15) is 0 Å². The van der Waals surface area contributed by atoms with Crippen molar-refractivity contribution >= 4 is 18.5 Å². The number of fused-ring (bicyclic) bond motifs is 1. The minimum atomic E-state index is -0.540. The summed E-state index contributed by atoms with van der Waals surface area (Å²) in [6.07, 6.45) is 13.0. The molecule has 2 aromatic rings. The average molecular weight is 315 g/mol. The highest BCUT2D eigenvalue weighted by Crippen LogP contribution is 2.47. The van der Waals surface area contributed by atoms with Gasteiger partial charge in [0.25, 0.3) is 0 Å². The molecule has 1 heterocycles. The maximum absolute atomic E-state index is 3.54. The highest BCUT2D eigenvalue weighted by molar-refractivity contribution is 7.76. The summed E-state index contributed by atoms with van der Waals surface area (Å²) in [6, 6.07) is 22.0. The molecule has 0 fully saturated rings. The van der Waals surface area contributed by atoms with Crippen molar-refractivity contribution in [2.45, 2.75) is 6.04 Å². The molecule has 1 aliphatic carbocycles. The van der Waals surface area contributed by atoms with Crippen molar-refractivity contribution in [3.05, 3.63) is 108 Å². The van der Waals surface area contributed by atoms with E-state index < -0.39 is 7.92 Å². The summed E-state index contributed by atoms with van der Waals surface area (Å²) >= 11 is 0. The smallest absolute Gasteiger partial charge is 0.0773 e. The Morgan fingerprint density at radius 2 is 1.39 bits per heavy atom. The van der Waals surface area contributed by atoms with E-state index in [1.54, 1.807) is 0 Å². The van der Waals surface area contributed by atoms with E-state index in [2.05, 4.69) is 96.4 Å². The molecular weight excluding hydrogens is 297 g/mol. The van der Waals surface area contributed by atoms with Gasteiger partial charge in [0.1, 0.15) is 0 Å². The second-order valence-corrected chi connectivity index (χ2v) is 7.80. The SMILES string of the molecule is C1=CNC2C(=C1)C=CC=C2P(c1ccccc1)c1ccccc1. The number of hydrogen-bond acceptors (Lipinski definition) is 1. The summed E-state index contributed by atoms with van der Waals surface area (Å²) in [7, 11) is -0.540. The highest BCUT2D eigenvalue weighted by Gasteiger charge is 2.28. The van der Waals surface area contributed by atoms with E-state index in [1.807, 2.05) is 6.20 Å². The first kappa shape index (κ1) is 14.2. The molecule has 2 heteroatoms. The van der Waals surface area contributed by atoms with Crippen LogP contribution in [0.2, 0.25) is 0 Å². The fourth-order valence-corrected chi connectivity index (χ4v) is 5.62. The molecule has 1 unspecified atom stereocenters. The summed E-state index contributed by atoms with van der Waals surface area (Å²) in [4.78, 5) is 0. The molecule has 1 N–H and O–H groups in total. The van der Waals surface area contributed by atoms with Crippen LogP contribution in [0.3, 0.4) is 0 Å². The Bertz CT molecular complexity index is 761. The van der Waals surface area contributed by atoms with Crippen molar-refractivity contribution in [1.82, 2.24) is 5.32 Å². The molecule has 0 spiro atoms. The third-order valence-electron chi connectivity index (χ3n) is 4.12. The number of dihydropyridines is 1. The lowest BCUT2D eigenvalue weighted by Gasteiger charge is -2.32. The highest BCUT2D eigenvalue weighted by atomic mass is 31.1. The average Bonchev–Trinajstić information content (AvgIpc) is 2.64. The number of nitrogens with one attached hydrogen (secondary N) is 1. The van der Waals surface area contributed by atoms with Gasteiger partial charge in [0, 0.05) is 0 Å². The monoisotopic (exact) mass is 315 g/mol. The van der Waals surface area contributed by atoms with Gasteiger partial charge in [-0.3, -0.25) is 0 Å². The summed E-state index contributed by atoms with van der Waals surface area (Å²) in [5.41, 5.74) is 1.34. The molecule has 0 saturated heterocycles. The number of allylic oxidation sites excluding steroid dienone is 4. The molecule has 23 heavy (non-hydrogen) atoms. The van der Waals surface area contributed by atoms with E-state index in [0.29, 0.717) is 0 Å². The van der Waals surface area contributed by atoms with Gasteiger partial charge >= 0.3 is 0 Å². The summed E-state index contributed by atoms with van der Waals surface area (Å²) in [5.74, 6) is 0. The molecule has 1 aliphatic heterocycles. The Morgan fingerprint density at radius 1 is 0.739 bits per heavy atom. The van der Waals surface area contributed by atoms with Gasteiger partial charge in [0.2, 0.25) is 0 Å². The predicted molar refractivity (Wildman–Crippen MR) is 100 cm³/mol. The lowest BCUT2D eigenvalue weighted by atomic mass is 10.00. The van der Waals surface area contributed by atoms with Gasteiger partial charge in [-0.2, -0.15) is 0 Å². The molecule has 112 valence electrons. The van der Waals surface area contributed by atoms with Crippen LogP contribution in [0.15, 0.2) is 108 Å². The Morgan fingerprint density at radius 3 is 2.04 bits per heavy atom. The van der Waals surface area contributed by atoms with Crippen LogP contribution in [0.25, 0.3) is 0 Å². The zero-order chi connectivity index (χ0) is 15.5. The largest absolute Gasteiger partial charge is 0.380 e. The van der Waals surface area contributed by atoms with Crippen molar-refractivity contribution in [2.24, 2.45) is 0 Å². The predicted octanol–water partition coefficient (Wildman–Crippen LogP) is 3.98. The van der Waals surface area contributed by atoms with E-state index in [4.69, 9.17) is 0 Å². The Hall–Kier alpha value is -2.37. The molecule has 0 radical (unpaired) electrons. The van der Waals surface area contributed by atoms with Crippen molar-refractivity contribution < 1.29 is 0 Å². The fourth-order valence-electron chi connectivity index (χ4n) is 3.07. The molecular formula is C21H18NP. The molecule has 1 nitrogen and oxygen atoms in total. The second kappa shape index (κ2) is 6.40. The van der Waals surface area contributed by atoms with E-state index in [1.165, 1.54) is 21.5 Å². The molecule has 2 aliphatic rings. The maximum atomic E-state index is 3.54. The van der Waals surface area contributed by atoms with Crippen LogP contribution >= 0.6 is 7.92 Å². The first-order valence-corrected chi connectivity index (χ1v) is 9.19. The topological polar surface area (TPSA) is 12.0 Å². The quantitative estimate of drug-likeness (QED) is 0.845. The second-order valence-electron chi connectivity index (χ2n) is 5.58. The van der Waals surface area contributed by atoms with Gasteiger partial charge in [-0.1, -0.05) is 85.0 Å². The molecule has 1 atom stereocenters. The van der Waals surface area contributed by atoms with E-state index in [-0.39, 0.29) is 6.04 Å². The van der Waals surface area contributed by atoms with Crippen LogP contribution in [0.4, 0.5) is 0 Å². The normalized spacial score (nSPS) is 18.9. The minimum absolute atomic E-state index is 0.275. The van der Waals surface area contributed by atoms with Gasteiger partial charge in [0.15, 0.2) is 0 Å². The van der Waals surface area contributed by atoms with E-state index >= 15 is 0 Å². The molecule has 0 bridgehead atoms. The summed E-state index contributed by atoms with van der Waals surface area (Å²) in [5, 5.41) is 7.78. The zero-order valence-electron chi connectivity index (χ0n) is 12.8. The van der Waals surface area contributed by atoms with Gasteiger partial charge in [-0.15, -0.1) is 0 Å². The van der Waals surface area contributed by atoms with Crippen LogP contribution in [0.1, 0.15) is 0 Å². The van der Waals surface area contributed by atoms with Gasteiger partial charge in [-0.05, 0) is 41.7 Å². The Kier molecular flexibility index (Phi) is 3.96. The van der Waals surface area contributed by atoms with Crippen molar-refractivity contribution in [3.8, 4) is 0 Å². The van der Waals surface area contributed by atoms with Crippen LogP contribution in [-0.2, 0) is 0 Å². The summed E-state index contributed by atoms with van der Waals surface area (Å²) in [6.45, 7) is 0. The third-order valence-corrected chi connectivity index (χ3v) is 6.67. The van der Waals surface area contributed by atoms with Crippen molar-refractivity contribution in [1.29, 1.82) is 0 Å². The number of rotatable bonds is 3. The molecule has 0 amide bonds. The van der Waals surface area contributed by atoms with Gasteiger partial charge < -0.3 is 5.32 Å². The number of benzene rings is 2. The fraction of sp³-hybridized carbons (Fsp3) is 0.0476. The first-order valence-electron chi connectivity index (χ1n) is 7.85. The Labute approximate surface area is 138 Å². The third kappa shape index (κ3) is 2.81. The van der Waals surface area contributed by atoms with E-state index in [0.717, 1.165) is 0 Å². The first-order chi connectivity index (χ1) is 11.4. The molecule has 4 rings (SSSR count). The van der Waals surface area contributed by atoms with Crippen LogP contribution < -0.4 is 15.9 Å². The lowest BCUT2D eigenvalue weighted by Crippen LogP contribution is -2.33. The molecule has 2 aromatic carbocycles. The standard InChI is InChI=1S/C21H18NP/c1-3-11-18(12-4-1)23(19-13-5-2-6-14-19)20-15-7-9-17-10-8-16-22-21(17)20/h1-16,21-22H. The number of hydrogen-bond donors (Lipinski definition) is 1. The lowest BCUT2D eigenvalue weighted by molar-refractivity contribution is 0.783. The summed E-state index contributed by atoms with van der Waals surface area (Å²) < 4.78 is 0. The van der Waals surface area contributed by atoms with Crippen LogP contribution in [0.5, 0.6) is 0 Å². The minimum Gasteiger partial charge on any atom is -0.380 e. The van der Waals surface area contributed by atoms with Crippen molar-refractivity contribution in [2.75, 3.05) is 0 Å². The Balaban J connectivity index is 1.83. The van der Waals surface area contributed by atoms with Gasteiger partial charge in [-0.25, -0.2) is 0 Å². The van der Waals surface area contributed by atoms with Crippen molar-refractivity contribution in [3.63, 3.8) is 0 Å².